The monoisotopic (exact) mass is 362 g/mol. The summed E-state index contributed by atoms with van der Waals surface area (Å²) in [5.74, 6) is -0.358. The van der Waals surface area contributed by atoms with Crippen molar-refractivity contribution in [2.75, 3.05) is 0 Å². The first-order valence-corrected chi connectivity index (χ1v) is 8.89. The molecule has 0 unspecified atom stereocenters. The van der Waals surface area contributed by atoms with Gasteiger partial charge in [0.1, 0.15) is 0 Å². The fourth-order valence-electron chi connectivity index (χ4n) is 2.76. The van der Waals surface area contributed by atoms with Crippen molar-refractivity contribution in [3.63, 3.8) is 0 Å². The first-order chi connectivity index (χ1) is 13.0. The van der Waals surface area contributed by atoms with Crippen molar-refractivity contribution in [2.24, 2.45) is 0 Å². The molecule has 3 aromatic rings. The Kier molecular flexibility index (Phi) is 5.81. The smallest absolute Gasteiger partial charge is 0.339 e. The lowest BCUT2D eigenvalue weighted by Crippen LogP contribution is -2.18. The normalized spacial score (nSPS) is 10.8. The lowest BCUT2D eigenvalue weighted by atomic mass is 10.0. The van der Waals surface area contributed by atoms with Crippen LogP contribution in [0.15, 0.2) is 71.9 Å². The topological polar surface area (TPSA) is 61.2 Å². The van der Waals surface area contributed by atoms with E-state index in [0.29, 0.717) is 18.5 Å². The Bertz CT molecular complexity index is 975. The summed E-state index contributed by atoms with van der Waals surface area (Å²) >= 11 is 0. The maximum absolute atomic E-state index is 12.0. The second kappa shape index (κ2) is 8.45. The first-order valence-electron chi connectivity index (χ1n) is 8.89. The van der Waals surface area contributed by atoms with Crippen molar-refractivity contribution in [2.45, 2.75) is 32.9 Å². The fraction of sp³-hybridized carbons (Fsp3) is 0.227. The Hall–Kier alpha value is -3.21. The molecule has 0 aliphatic carbocycles. The number of ether oxygens (including phenoxy) is 1. The van der Waals surface area contributed by atoms with Gasteiger partial charge in [-0.1, -0.05) is 30.3 Å². The van der Waals surface area contributed by atoms with E-state index in [1.807, 2.05) is 50.2 Å². The predicted molar refractivity (Wildman–Crippen MR) is 104 cm³/mol. The number of hydrogen-bond donors (Lipinski definition) is 0. The number of hydrogen-bond acceptors (Lipinski definition) is 4. The molecule has 0 fully saturated rings. The molecule has 5 heteroatoms. The van der Waals surface area contributed by atoms with Gasteiger partial charge in [-0.05, 0) is 49.1 Å². The minimum absolute atomic E-state index is 0.0160. The average molecular weight is 362 g/mol. The van der Waals surface area contributed by atoms with E-state index in [0.717, 1.165) is 16.7 Å². The summed E-state index contributed by atoms with van der Waals surface area (Å²) in [6.07, 6.45) is 5.56. The van der Waals surface area contributed by atoms with Crippen LogP contribution in [0.2, 0.25) is 0 Å². The lowest BCUT2D eigenvalue weighted by molar-refractivity contribution is 0.0377. The highest BCUT2D eigenvalue weighted by atomic mass is 16.5. The molecule has 3 rings (SSSR count). The third-order valence-electron chi connectivity index (χ3n) is 4.06. The maximum atomic E-state index is 12.0. The van der Waals surface area contributed by atoms with Crippen LogP contribution in [0.1, 0.15) is 40.9 Å². The van der Waals surface area contributed by atoms with Crippen LogP contribution in [0.3, 0.4) is 0 Å². The number of esters is 1. The largest absolute Gasteiger partial charge is 0.459 e. The van der Waals surface area contributed by atoms with Crippen LogP contribution in [0.5, 0.6) is 0 Å². The summed E-state index contributed by atoms with van der Waals surface area (Å²) in [7, 11) is 0. The van der Waals surface area contributed by atoms with Gasteiger partial charge in [0.2, 0.25) is 0 Å². The van der Waals surface area contributed by atoms with Crippen molar-refractivity contribution in [1.82, 2.24) is 9.55 Å². The molecule has 138 valence electrons. The number of aromatic nitrogens is 2. The Labute approximate surface area is 158 Å². The van der Waals surface area contributed by atoms with Gasteiger partial charge in [0.05, 0.1) is 18.2 Å². The molecule has 0 radical (unpaired) electrons. The summed E-state index contributed by atoms with van der Waals surface area (Å²) in [6, 6.07) is 15.0. The van der Waals surface area contributed by atoms with E-state index < -0.39 is 0 Å². The van der Waals surface area contributed by atoms with Gasteiger partial charge >= 0.3 is 5.97 Å². The van der Waals surface area contributed by atoms with Gasteiger partial charge in [0.25, 0.3) is 5.56 Å². The van der Waals surface area contributed by atoms with E-state index in [-0.39, 0.29) is 17.6 Å². The van der Waals surface area contributed by atoms with Crippen LogP contribution in [-0.4, -0.2) is 21.6 Å². The highest BCUT2D eigenvalue weighted by Crippen LogP contribution is 2.13. The van der Waals surface area contributed by atoms with Gasteiger partial charge in [-0.3, -0.25) is 9.78 Å². The minimum atomic E-state index is -0.358. The minimum Gasteiger partial charge on any atom is -0.459 e. The second-order valence-corrected chi connectivity index (χ2v) is 6.70. The SMILES string of the molecule is CC(C)OC(=O)c1cncc(Cc2ccc(Cn3ccccc3=O)cc2)c1. The molecule has 0 aliphatic rings. The Morgan fingerprint density at radius 3 is 2.48 bits per heavy atom. The van der Waals surface area contributed by atoms with Crippen molar-refractivity contribution in [3.8, 4) is 0 Å². The molecule has 0 amide bonds. The van der Waals surface area contributed by atoms with Crippen LogP contribution in [0.4, 0.5) is 0 Å². The number of pyridine rings is 2. The molecular formula is C22H22N2O3. The highest BCUT2D eigenvalue weighted by Gasteiger charge is 2.10. The molecule has 0 saturated heterocycles. The van der Waals surface area contributed by atoms with Gasteiger partial charge in [-0.25, -0.2) is 4.79 Å². The summed E-state index contributed by atoms with van der Waals surface area (Å²) in [5, 5.41) is 0. The van der Waals surface area contributed by atoms with Crippen molar-refractivity contribution in [1.29, 1.82) is 0 Å². The molecule has 0 bridgehead atoms. The van der Waals surface area contributed by atoms with E-state index in [1.54, 1.807) is 29.1 Å². The van der Waals surface area contributed by atoms with Crippen LogP contribution < -0.4 is 5.56 Å². The molecule has 0 atom stereocenters. The van der Waals surface area contributed by atoms with Gasteiger partial charge in [0.15, 0.2) is 0 Å². The average Bonchev–Trinajstić information content (AvgIpc) is 2.65. The Morgan fingerprint density at radius 2 is 1.78 bits per heavy atom. The summed E-state index contributed by atoms with van der Waals surface area (Å²) in [5.41, 5.74) is 3.55. The molecule has 2 heterocycles. The third kappa shape index (κ3) is 5.14. The second-order valence-electron chi connectivity index (χ2n) is 6.70. The van der Waals surface area contributed by atoms with E-state index in [4.69, 9.17) is 4.74 Å². The van der Waals surface area contributed by atoms with Gasteiger partial charge < -0.3 is 9.30 Å². The molecule has 0 aliphatic heterocycles. The van der Waals surface area contributed by atoms with Gasteiger partial charge in [0, 0.05) is 24.7 Å². The number of benzene rings is 1. The van der Waals surface area contributed by atoms with Crippen molar-refractivity contribution < 1.29 is 9.53 Å². The van der Waals surface area contributed by atoms with E-state index in [1.165, 1.54) is 6.20 Å². The van der Waals surface area contributed by atoms with E-state index >= 15 is 0 Å². The summed E-state index contributed by atoms with van der Waals surface area (Å²) < 4.78 is 6.89. The molecule has 2 aromatic heterocycles. The fourth-order valence-corrected chi connectivity index (χ4v) is 2.76. The molecular weight excluding hydrogens is 340 g/mol. The number of carbonyl (C=O) groups excluding carboxylic acids is 1. The standard InChI is InChI=1S/C22H22N2O3/c1-16(2)27-22(26)20-12-19(13-23-14-20)11-17-6-8-18(9-7-17)15-24-10-4-3-5-21(24)25/h3-10,12-14,16H,11,15H2,1-2H3. The molecule has 0 spiro atoms. The van der Waals surface area contributed by atoms with Crippen LogP contribution in [0.25, 0.3) is 0 Å². The number of rotatable bonds is 6. The molecule has 0 N–H and O–H groups in total. The summed E-state index contributed by atoms with van der Waals surface area (Å²) in [4.78, 5) is 28.0. The Morgan fingerprint density at radius 1 is 1.04 bits per heavy atom. The number of nitrogens with zero attached hydrogens (tertiary/aromatic N) is 2. The lowest BCUT2D eigenvalue weighted by Gasteiger charge is -2.09. The zero-order valence-electron chi connectivity index (χ0n) is 15.5. The number of carbonyl (C=O) groups is 1. The maximum Gasteiger partial charge on any atom is 0.339 e. The van der Waals surface area contributed by atoms with Crippen molar-refractivity contribution >= 4 is 5.97 Å². The Balaban J connectivity index is 1.69. The zero-order valence-corrected chi connectivity index (χ0v) is 15.5. The first kappa shape index (κ1) is 18.6. The van der Waals surface area contributed by atoms with Crippen LogP contribution >= 0.6 is 0 Å². The highest BCUT2D eigenvalue weighted by molar-refractivity contribution is 5.89. The third-order valence-corrected chi connectivity index (χ3v) is 4.06. The van der Waals surface area contributed by atoms with Gasteiger partial charge in [-0.2, -0.15) is 0 Å². The zero-order chi connectivity index (χ0) is 19.2. The predicted octanol–water partition coefficient (Wildman–Crippen LogP) is 3.45. The molecule has 1 aromatic carbocycles. The van der Waals surface area contributed by atoms with Crippen molar-refractivity contribution in [3.05, 3.63) is 99.7 Å². The molecule has 5 nitrogen and oxygen atoms in total. The molecule has 27 heavy (non-hydrogen) atoms. The van der Waals surface area contributed by atoms with Crippen LogP contribution in [0, 0.1) is 0 Å². The molecule has 0 saturated carbocycles. The van der Waals surface area contributed by atoms with Crippen LogP contribution in [-0.2, 0) is 17.7 Å². The van der Waals surface area contributed by atoms with Gasteiger partial charge in [-0.15, -0.1) is 0 Å². The quantitative estimate of drug-likeness (QED) is 0.630. The van der Waals surface area contributed by atoms with E-state index in [2.05, 4.69) is 4.98 Å². The van der Waals surface area contributed by atoms with E-state index in [9.17, 15) is 9.59 Å². The summed E-state index contributed by atoms with van der Waals surface area (Å²) in [6.45, 7) is 4.18.